The molecule has 0 fully saturated rings. The molecule has 0 spiro atoms. The van der Waals surface area contributed by atoms with Crippen LogP contribution in [0.25, 0.3) is 0 Å². The van der Waals surface area contributed by atoms with Crippen molar-refractivity contribution in [3.8, 4) is 0 Å². The van der Waals surface area contributed by atoms with Gasteiger partial charge in [-0.05, 0) is 0 Å². The summed E-state index contributed by atoms with van der Waals surface area (Å²) in [6.45, 7) is 0. The van der Waals surface area contributed by atoms with Gasteiger partial charge in [-0.15, -0.1) is 0 Å². The van der Waals surface area contributed by atoms with Gasteiger partial charge in [0, 0.05) is 0 Å². The molecule has 25 heteroatoms. The smallest absolute Gasteiger partial charge is 1.00 e. The monoisotopic (exact) mass is 510 g/mol. The standard InChI is InChI=1S/5Na.5H2O3Si.5H/c;;;;;5*1-4(2)3;;;;;/h;;;;;5*1-2H;;;;;/q5*+1;;;;;;5*-1. The molecule has 0 aromatic rings. The molecule has 0 saturated carbocycles. The van der Waals surface area contributed by atoms with E-state index in [2.05, 4.69) is 0 Å². The summed E-state index contributed by atoms with van der Waals surface area (Å²) < 4.78 is 43.7. The molecule has 0 aromatic heterocycles. The Morgan fingerprint density at radius 2 is 0.320 bits per heavy atom. The molecule has 0 aliphatic heterocycles. The molecule has 25 heavy (non-hydrogen) atoms. The summed E-state index contributed by atoms with van der Waals surface area (Å²) in [6, 6.07) is 0. The third-order valence-corrected chi connectivity index (χ3v) is 0. The molecule has 10 N–H and O–H groups in total. The van der Waals surface area contributed by atoms with Crippen LogP contribution in [0.2, 0.25) is 0 Å². The number of hydrogen-bond donors (Lipinski definition) is 10. The van der Waals surface area contributed by atoms with Gasteiger partial charge >= 0.3 is 194 Å². The molecule has 0 rings (SSSR count). The molecule has 0 amide bonds. The predicted molar refractivity (Wildman–Crippen MR) is 60.0 cm³/mol. The Balaban J connectivity index is -0.00000000666. The first kappa shape index (κ1) is 63.0. The van der Waals surface area contributed by atoms with Crippen LogP contribution in [0.15, 0.2) is 0 Å². The Labute approximate surface area is 266 Å². The van der Waals surface area contributed by atoms with E-state index in [1.807, 2.05) is 0 Å². The fourth-order valence-electron chi connectivity index (χ4n) is 0. The van der Waals surface area contributed by atoms with E-state index in [0.717, 1.165) is 0 Å². The molecule has 130 valence electrons. The van der Waals surface area contributed by atoms with Gasteiger partial charge in [-0.25, -0.2) is 0 Å². The van der Waals surface area contributed by atoms with E-state index >= 15 is 0 Å². The fraction of sp³-hybridized carbons (Fsp3) is 0. The van der Waals surface area contributed by atoms with Crippen molar-refractivity contribution in [2.75, 3.05) is 0 Å². The molecule has 0 radical (unpaired) electrons. The van der Waals surface area contributed by atoms with E-state index < -0.39 is 45.9 Å². The van der Waals surface area contributed by atoms with Gasteiger partial charge in [0.1, 0.15) is 0 Å². The van der Waals surface area contributed by atoms with Gasteiger partial charge in [0.2, 0.25) is 0 Å². The van der Waals surface area contributed by atoms with Crippen molar-refractivity contribution in [2.45, 2.75) is 0 Å². The largest absolute Gasteiger partial charge is 1.00 e. The Hall–Kier alpha value is 3.08. The van der Waals surface area contributed by atoms with Crippen LogP contribution in [0.3, 0.4) is 0 Å². The zero-order chi connectivity index (χ0) is 17.9. The van der Waals surface area contributed by atoms with Crippen molar-refractivity contribution in [3.05, 3.63) is 0 Å². The number of hydrogen-bond acceptors (Lipinski definition) is 5. The molecule has 0 aliphatic carbocycles. The van der Waals surface area contributed by atoms with Crippen LogP contribution < -0.4 is 148 Å². The average Bonchev–Trinajstić information content (AvgIpc) is 1.94. The number of rotatable bonds is 0. The summed E-state index contributed by atoms with van der Waals surface area (Å²) in [5, 5.41) is 0. The van der Waals surface area contributed by atoms with E-state index in [4.69, 9.17) is 70.3 Å². The van der Waals surface area contributed by atoms with Gasteiger partial charge in [-0.3, -0.25) is 22.3 Å². The molecular formula is H15Na5O15Si5. The van der Waals surface area contributed by atoms with Crippen molar-refractivity contribution in [3.63, 3.8) is 0 Å². The molecule has 15 nitrogen and oxygen atoms in total. The maximum atomic E-state index is 8.74. The van der Waals surface area contributed by atoms with Gasteiger partial charge in [0.05, 0.1) is 0 Å². The Morgan fingerprint density at radius 1 is 0.320 bits per heavy atom. The van der Waals surface area contributed by atoms with Gasteiger partial charge in [-0.1, -0.05) is 0 Å². The Kier molecular flexibility index (Phi) is 142. The third kappa shape index (κ3) is 1790. The fourth-order valence-corrected chi connectivity index (χ4v) is 0. The zero-order valence-electron chi connectivity index (χ0n) is 19.0. The van der Waals surface area contributed by atoms with Crippen LogP contribution in [0.4, 0.5) is 0 Å². The van der Waals surface area contributed by atoms with Crippen LogP contribution >= 0.6 is 0 Å². The molecule has 0 aliphatic rings. The van der Waals surface area contributed by atoms with Gasteiger partial charge in [-0.2, -0.15) is 0 Å². The Bertz CT molecular complexity index is 239. The van der Waals surface area contributed by atoms with Crippen molar-refractivity contribution in [1.82, 2.24) is 0 Å². The summed E-state index contributed by atoms with van der Waals surface area (Å²) >= 11 is 0. The van der Waals surface area contributed by atoms with E-state index in [-0.39, 0.29) is 155 Å². The SMILES string of the molecule is O=[Si](O)O.O=[Si](O)O.O=[Si](O)O.O=[Si](O)O.O=[Si](O)O.[H-].[H-].[H-].[H-].[H-].[Na+].[Na+].[Na+].[Na+].[Na+]. The first-order valence-electron chi connectivity index (χ1n) is 3.26. The topological polar surface area (TPSA) is 288 Å². The summed E-state index contributed by atoms with van der Waals surface area (Å²) in [5.74, 6) is 0. The summed E-state index contributed by atoms with van der Waals surface area (Å²) in [7, 11) is -15.6. The third-order valence-electron chi connectivity index (χ3n) is 0. The second kappa shape index (κ2) is 56.3. The molecule has 0 atom stereocenters. The van der Waals surface area contributed by atoms with Crippen molar-refractivity contribution in [2.24, 2.45) is 0 Å². The molecular weight excluding hydrogens is 495 g/mol. The van der Waals surface area contributed by atoms with Gasteiger partial charge in [0.15, 0.2) is 0 Å². The molecule has 0 heterocycles. The van der Waals surface area contributed by atoms with Crippen molar-refractivity contribution < 1.29 is 225 Å². The normalized spacial score (nSPS) is 4.80. The first-order chi connectivity index (χ1) is 8.66. The van der Waals surface area contributed by atoms with Crippen molar-refractivity contribution >= 4 is 45.9 Å². The van der Waals surface area contributed by atoms with E-state index in [1.54, 1.807) is 0 Å². The van der Waals surface area contributed by atoms with Crippen LogP contribution in [0.1, 0.15) is 7.13 Å². The summed E-state index contributed by atoms with van der Waals surface area (Å²) in [4.78, 5) is 71.6. The molecule has 0 saturated heterocycles. The predicted octanol–water partition coefficient (Wildman–Crippen LogP) is -22.5. The molecule has 0 unspecified atom stereocenters. The Morgan fingerprint density at radius 3 is 0.320 bits per heavy atom. The van der Waals surface area contributed by atoms with Crippen LogP contribution in [0, 0.1) is 0 Å². The maximum absolute atomic E-state index is 8.74. The van der Waals surface area contributed by atoms with Gasteiger partial charge < -0.3 is 55.1 Å². The van der Waals surface area contributed by atoms with Crippen LogP contribution in [-0.2, 0) is 22.3 Å². The second-order valence-electron chi connectivity index (χ2n) is 1.41. The maximum Gasteiger partial charge on any atom is 1.00 e. The van der Waals surface area contributed by atoms with E-state index in [9.17, 15) is 0 Å². The summed E-state index contributed by atoms with van der Waals surface area (Å²) in [5.41, 5.74) is 0. The molecule has 0 aromatic carbocycles. The van der Waals surface area contributed by atoms with E-state index in [1.165, 1.54) is 0 Å². The minimum Gasteiger partial charge on any atom is -1.00 e. The second-order valence-corrected chi connectivity index (χ2v) is 4.24. The molecule has 0 bridgehead atoms. The minimum absolute atomic E-state index is 0. The first-order valence-corrected chi connectivity index (χ1v) is 9.77. The van der Waals surface area contributed by atoms with E-state index in [0.29, 0.717) is 0 Å². The summed E-state index contributed by atoms with van der Waals surface area (Å²) in [6.07, 6.45) is 0. The quantitative estimate of drug-likeness (QED) is 0.135. The van der Waals surface area contributed by atoms with Gasteiger partial charge in [0.25, 0.3) is 0 Å². The minimum atomic E-state index is -3.13. The zero-order valence-corrected chi connectivity index (χ0v) is 29.0. The van der Waals surface area contributed by atoms with Crippen molar-refractivity contribution in [1.29, 1.82) is 0 Å². The van der Waals surface area contributed by atoms with Crippen LogP contribution in [0.5, 0.6) is 0 Å². The van der Waals surface area contributed by atoms with Crippen LogP contribution in [-0.4, -0.2) is 93.8 Å². The average molecular weight is 510 g/mol.